The molecule has 0 spiro atoms. The predicted molar refractivity (Wildman–Crippen MR) is 125 cm³/mol. The first kappa shape index (κ1) is 25.3. The minimum atomic E-state index is -1.31. The summed E-state index contributed by atoms with van der Waals surface area (Å²) in [4.78, 5) is 24.3. The van der Waals surface area contributed by atoms with E-state index in [0.717, 1.165) is 48.1 Å². The van der Waals surface area contributed by atoms with Crippen molar-refractivity contribution in [1.29, 1.82) is 0 Å². The Labute approximate surface area is 206 Å². The van der Waals surface area contributed by atoms with Crippen LogP contribution in [0.15, 0.2) is 54.6 Å². The van der Waals surface area contributed by atoms with Gasteiger partial charge in [0.15, 0.2) is 17.3 Å². The van der Waals surface area contributed by atoms with E-state index in [0.29, 0.717) is 6.61 Å². The molecule has 2 N–H and O–H groups in total. The summed E-state index contributed by atoms with van der Waals surface area (Å²) in [5.74, 6) is -3.83. The molecule has 4 rings (SSSR count). The summed E-state index contributed by atoms with van der Waals surface area (Å²) in [6.45, 7) is -0.238. The first-order valence-corrected chi connectivity index (χ1v) is 11.7. The second kappa shape index (κ2) is 11.8. The predicted octanol–water partition coefficient (Wildman–Crippen LogP) is 4.08. The molecule has 2 aromatic carbocycles. The van der Waals surface area contributed by atoms with E-state index in [1.165, 1.54) is 12.1 Å². The van der Waals surface area contributed by atoms with Gasteiger partial charge in [-0.25, -0.2) is 18.3 Å². The highest BCUT2D eigenvalue weighted by Gasteiger charge is 2.28. The molecule has 1 aliphatic rings. The monoisotopic (exact) mass is 499 g/mol. The van der Waals surface area contributed by atoms with E-state index < -0.39 is 23.5 Å². The molecule has 36 heavy (non-hydrogen) atoms. The highest BCUT2D eigenvalue weighted by molar-refractivity contribution is 5.85. The van der Waals surface area contributed by atoms with Gasteiger partial charge in [0.25, 0.3) is 0 Å². The normalized spacial score (nSPS) is 17.5. The fraction of sp³-hybridized carbons (Fsp3) is 0.346. The average molecular weight is 500 g/mol. The minimum absolute atomic E-state index is 0.0493. The number of carbonyl (C=O) groups is 2. The lowest BCUT2D eigenvalue weighted by molar-refractivity contribution is -0.124. The molecule has 1 amide bonds. The van der Waals surface area contributed by atoms with E-state index in [4.69, 9.17) is 9.47 Å². The summed E-state index contributed by atoms with van der Waals surface area (Å²) in [6.07, 6.45) is 3.38. The molecule has 3 aromatic rings. The van der Waals surface area contributed by atoms with Crippen LogP contribution in [-0.2, 0) is 29.3 Å². The zero-order chi connectivity index (χ0) is 25.5. The molecule has 10 heteroatoms. The van der Waals surface area contributed by atoms with Crippen LogP contribution in [0.25, 0.3) is 0 Å². The van der Waals surface area contributed by atoms with Crippen molar-refractivity contribution < 1.29 is 33.0 Å². The summed E-state index contributed by atoms with van der Waals surface area (Å²) in [6, 6.07) is 14.4. The highest BCUT2D eigenvalue weighted by Crippen LogP contribution is 2.23. The molecule has 1 fully saturated rings. The Balaban J connectivity index is 1.40. The molecule has 1 aromatic heterocycles. The molecule has 0 radical (unpaired) electrons. The Morgan fingerprint density at radius 1 is 1.06 bits per heavy atom. The van der Waals surface area contributed by atoms with Crippen LogP contribution in [0.2, 0.25) is 0 Å². The third-order valence-electron chi connectivity index (χ3n) is 6.02. The molecule has 2 atom stereocenters. The molecule has 1 heterocycles. The average Bonchev–Trinajstić information content (AvgIpc) is 3.28. The van der Waals surface area contributed by atoms with Crippen molar-refractivity contribution in [3.05, 3.63) is 83.1 Å². The third kappa shape index (κ3) is 6.45. The molecular weight excluding hydrogens is 472 g/mol. The Kier molecular flexibility index (Phi) is 8.27. The molecule has 8 nitrogen and oxygen atoms in total. The zero-order valence-electron chi connectivity index (χ0n) is 19.5. The summed E-state index contributed by atoms with van der Waals surface area (Å²) in [5, 5.41) is 16.2. The van der Waals surface area contributed by atoms with Gasteiger partial charge < -0.3 is 19.9 Å². The Hall–Kier alpha value is -3.79. The van der Waals surface area contributed by atoms with Gasteiger partial charge in [-0.2, -0.15) is 5.10 Å². The second-order valence-corrected chi connectivity index (χ2v) is 8.63. The molecule has 0 saturated heterocycles. The molecule has 0 unspecified atom stereocenters. The Morgan fingerprint density at radius 2 is 1.83 bits per heavy atom. The van der Waals surface area contributed by atoms with E-state index in [9.17, 15) is 23.5 Å². The number of ether oxygens (including phenoxy) is 2. The second-order valence-electron chi connectivity index (χ2n) is 8.63. The van der Waals surface area contributed by atoms with E-state index in [-0.39, 0.29) is 42.4 Å². The molecule has 1 saturated carbocycles. The number of nitrogens with zero attached hydrogens (tertiary/aromatic N) is 2. The van der Waals surface area contributed by atoms with Gasteiger partial charge in [-0.15, -0.1) is 0 Å². The molecule has 0 aliphatic heterocycles. The van der Waals surface area contributed by atoms with Crippen LogP contribution in [0, 0.1) is 11.6 Å². The standard InChI is InChI=1S/C26H27F2N3O5/c27-19-10-6-9-18(25(19)28)16-36-24-13-21(26(33)34)30-31(24)14-23(32)29-20-11-4-5-12-22(20)35-15-17-7-2-1-3-8-17/h1-3,6-10,13,20,22H,4-5,11-12,14-16H2,(H,29,32)(H,33,34)/t20-,22-/m0/s1. The molecular formula is C26H27F2N3O5. The summed E-state index contributed by atoms with van der Waals surface area (Å²) in [5.41, 5.74) is 0.659. The van der Waals surface area contributed by atoms with Gasteiger partial charge in [-0.05, 0) is 24.5 Å². The van der Waals surface area contributed by atoms with Crippen molar-refractivity contribution in [1.82, 2.24) is 15.1 Å². The number of benzene rings is 2. The first-order valence-electron chi connectivity index (χ1n) is 11.7. The number of aromatic carboxylic acids is 1. The van der Waals surface area contributed by atoms with Crippen LogP contribution >= 0.6 is 0 Å². The fourth-order valence-corrected chi connectivity index (χ4v) is 4.17. The molecule has 0 bridgehead atoms. The molecule has 190 valence electrons. The summed E-state index contributed by atoms with van der Waals surface area (Å²) >= 11 is 0. The van der Waals surface area contributed by atoms with Crippen LogP contribution in [0.5, 0.6) is 5.88 Å². The van der Waals surface area contributed by atoms with Gasteiger partial charge in [-0.1, -0.05) is 55.3 Å². The van der Waals surface area contributed by atoms with E-state index in [1.807, 2.05) is 30.3 Å². The van der Waals surface area contributed by atoms with Crippen molar-refractivity contribution in [2.45, 2.75) is 57.6 Å². The van der Waals surface area contributed by atoms with Gasteiger partial charge in [0.1, 0.15) is 13.2 Å². The van der Waals surface area contributed by atoms with Gasteiger partial charge >= 0.3 is 5.97 Å². The van der Waals surface area contributed by atoms with Crippen LogP contribution < -0.4 is 10.1 Å². The van der Waals surface area contributed by atoms with Crippen molar-refractivity contribution in [2.75, 3.05) is 0 Å². The lowest BCUT2D eigenvalue weighted by Gasteiger charge is -2.32. The van der Waals surface area contributed by atoms with Crippen molar-refractivity contribution in [3.8, 4) is 5.88 Å². The number of hydrogen-bond acceptors (Lipinski definition) is 5. The van der Waals surface area contributed by atoms with Crippen molar-refractivity contribution >= 4 is 11.9 Å². The number of nitrogens with one attached hydrogen (secondary N) is 1. The number of halogens is 2. The van der Waals surface area contributed by atoms with Gasteiger partial charge in [-0.3, -0.25) is 4.79 Å². The number of rotatable bonds is 10. The first-order chi connectivity index (χ1) is 17.4. The maximum Gasteiger partial charge on any atom is 0.356 e. The van der Waals surface area contributed by atoms with Crippen LogP contribution in [-0.4, -0.2) is 38.9 Å². The van der Waals surface area contributed by atoms with Crippen molar-refractivity contribution in [3.63, 3.8) is 0 Å². The number of amides is 1. The summed E-state index contributed by atoms with van der Waals surface area (Å²) in [7, 11) is 0. The Morgan fingerprint density at radius 3 is 2.61 bits per heavy atom. The smallest absolute Gasteiger partial charge is 0.356 e. The van der Waals surface area contributed by atoms with Crippen LogP contribution in [0.1, 0.15) is 47.3 Å². The summed E-state index contributed by atoms with van der Waals surface area (Å²) < 4.78 is 40.2. The topological polar surface area (TPSA) is 103 Å². The highest BCUT2D eigenvalue weighted by atomic mass is 19.2. The van der Waals surface area contributed by atoms with E-state index >= 15 is 0 Å². The molecule has 1 aliphatic carbocycles. The number of hydrogen-bond donors (Lipinski definition) is 2. The van der Waals surface area contributed by atoms with Gasteiger partial charge in [0, 0.05) is 11.6 Å². The van der Waals surface area contributed by atoms with Crippen molar-refractivity contribution in [2.24, 2.45) is 0 Å². The SMILES string of the molecule is O=C(Cn1nc(C(=O)O)cc1OCc1cccc(F)c1F)N[C@H]1CCCC[C@@H]1OCc1ccccc1. The number of carboxylic acids is 1. The number of aromatic nitrogens is 2. The fourth-order valence-electron chi connectivity index (χ4n) is 4.17. The lowest BCUT2D eigenvalue weighted by Crippen LogP contribution is -2.47. The lowest BCUT2D eigenvalue weighted by atomic mass is 9.92. The van der Waals surface area contributed by atoms with Gasteiger partial charge in [0.2, 0.25) is 11.8 Å². The maximum atomic E-state index is 14.0. The Bertz CT molecular complexity index is 1200. The number of carbonyl (C=O) groups excluding carboxylic acids is 1. The minimum Gasteiger partial charge on any atom is -0.476 e. The van der Waals surface area contributed by atoms with E-state index in [2.05, 4.69) is 10.4 Å². The van der Waals surface area contributed by atoms with Crippen LogP contribution in [0.3, 0.4) is 0 Å². The van der Waals surface area contributed by atoms with E-state index in [1.54, 1.807) is 0 Å². The maximum absolute atomic E-state index is 14.0. The van der Waals surface area contributed by atoms with Crippen LogP contribution in [0.4, 0.5) is 8.78 Å². The number of carboxylic acid groups (broad SMARTS) is 1. The quantitative estimate of drug-likeness (QED) is 0.436. The van der Waals surface area contributed by atoms with Gasteiger partial charge in [0.05, 0.1) is 18.8 Å². The zero-order valence-corrected chi connectivity index (χ0v) is 19.5. The third-order valence-corrected chi connectivity index (χ3v) is 6.02. The largest absolute Gasteiger partial charge is 0.476 e.